The van der Waals surface area contributed by atoms with Crippen LogP contribution in [0.1, 0.15) is 18.9 Å². The number of hydrogen-bond acceptors (Lipinski definition) is 4. The predicted octanol–water partition coefficient (Wildman–Crippen LogP) is 1.95. The van der Waals surface area contributed by atoms with Crippen LogP contribution in [0.15, 0.2) is 18.2 Å². The van der Waals surface area contributed by atoms with Gasteiger partial charge in [0, 0.05) is 24.5 Å². The summed E-state index contributed by atoms with van der Waals surface area (Å²) in [7, 11) is 0. The number of hydrogen-bond donors (Lipinski definition) is 1. The van der Waals surface area contributed by atoms with Crippen molar-refractivity contribution in [2.45, 2.75) is 25.9 Å². The summed E-state index contributed by atoms with van der Waals surface area (Å²) in [5.41, 5.74) is 8.61. The van der Waals surface area contributed by atoms with Crippen molar-refractivity contribution in [3.8, 4) is 6.07 Å². The van der Waals surface area contributed by atoms with Crippen LogP contribution in [-0.4, -0.2) is 25.8 Å². The molecule has 0 bridgehead atoms. The van der Waals surface area contributed by atoms with Crippen molar-refractivity contribution in [2.75, 3.05) is 30.3 Å². The van der Waals surface area contributed by atoms with Crippen LogP contribution in [0.2, 0.25) is 0 Å². The van der Waals surface area contributed by atoms with Crippen LogP contribution in [0.3, 0.4) is 0 Å². The Kier molecular flexibility index (Phi) is 4.06. The minimum atomic E-state index is 0.302. The molecule has 0 saturated carbocycles. The zero-order chi connectivity index (χ0) is 13.0. The average molecular weight is 245 g/mol. The summed E-state index contributed by atoms with van der Waals surface area (Å²) in [6.07, 6.45) is 1.69. The largest absolute Gasteiger partial charge is 0.398 e. The van der Waals surface area contributed by atoms with E-state index in [1.165, 1.54) is 0 Å². The summed E-state index contributed by atoms with van der Waals surface area (Å²) in [4.78, 5) is 2.30. The number of nitrogens with two attached hydrogens (primary N) is 1. The van der Waals surface area contributed by atoms with Gasteiger partial charge in [0.1, 0.15) is 0 Å². The lowest BCUT2D eigenvalue weighted by Gasteiger charge is -2.34. The van der Waals surface area contributed by atoms with Crippen LogP contribution in [-0.2, 0) is 11.2 Å². The summed E-state index contributed by atoms with van der Waals surface area (Å²) in [5, 5.41) is 8.79. The minimum absolute atomic E-state index is 0.302. The molecule has 96 valence electrons. The van der Waals surface area contributed by atoms with Gasteiger partial charge < -0.3 is 15.4 Å². The van der Waals surface area contributed by atoms with E-state index >= 15 is 0 Å². The fourth-order valence-corrected chi connectivity index (χ4v) is 2.23. The third kappa shape index (κ3) is 2.74. The first kappa shape index (κ1) is 12.7. The molecule has 1 unspecified atom stereocenters. The Labute approximate surface area is 108 Å². The van der Waals surface area contributed by atoms with Crippen LogP contribution in [0.4, 0.5) is 11.4 Å². The molecule has 18 heavy (non-hydrogen) atoms. The quantitative estimate of drug-likeness (QED) is 0.827. The molecule has 1 fully saturated rings. The monoisotopic (exact) mass is 245 g/mol. The zero-order valence-corrected chi connectivity index (χ0v) is 10.7. The molecule has 0 amide bonds. The van der Waals surface area contributed by atoms with E-state index in [9.17, 15) is 0 Å². The smallest absolute Gasteiger partial charge is 0.0748 e. The average Bonchev–Trinajstić information content (AvgIpc) is 2.41. The fraction of sp³-hybridized carbons (Fsp3) is 0.500. The third-order valence-corrected chi connectivity index (χ3v) is 3.36. The molecule has 1 aromatic rings. The second-order valence-corrected chi connectivity index (χ2v) is 4.57. The topological polar surface area (TPSA) is 62.3 Å². The summed E-state index contributed by atoms with van der Waals surface area (Å²) in [5.74, 6) is 0. The van der Waals surface area contributed by atoms with Gasteiger partial charge in [-0.25, -0.2) is 0 Å². The van der Waals surface area contributed by atoms with E-state index in [-0.39, 0.29) is 0 Å². The number of benzene rings is 1. The Morgan fingerprint density at radius 2 is 2.39 bits per heavy atom. The molecule has 0 aliphatic carbocycles. The van der Waals surface area contributed by atoms with Crippen LogP contribution in [0.25, 0.3) is 0 Å². The zero-order valence-electron chi connectivity index (χ0n) is 10.7. The van der Waals surface area contributed by atoms with Gasteiger partial charge in [0.25, 0.3) is 0 Å². The highest BCUT2D eigenvalue weighted by Crippen LogP contribution is 2.24. The van der Waals surface area contributed by atoms with Gasteiger partial charge in [0.05, 0.1) is 25.2 Å². The maximum absolute atomic E-state index is 8.79. The van der Waals surface area contributed by atoms with E-state index in [1.807, 2.05) is 18.2 Å². The molecule has 1 aliphatic rings. The van der Waals surface area contributed by atoms with Crippen molar-refractivity contribution in [1.29, 1.82) is 5.26 Å². The normalized spacial score (nSPS) is 19.6. The molecule has 0 radical (unpaired) electrons. The number of anilines is 2. The number of morpholine rings is 1. The van der Waals surface area contributed by atoms with Crippen LogP contribution in [0, 0.1) is 11.3 Å². The van der Waals surface area contributed by atoms with Gasteiger partial charge in [-0.05, 0) is 30.2 Å². The first-order valence-corrected chi connectivity index (χ1v) is 6.36. The van der Waals surface area contributed by atoms with Gasteiger partial charge >= 0.3 is 0 Å². The van der Waals surface area contributed by atoms with E-state index in [2.05, 4.69) is 17.9 Å². The number of nitriles is 1. The number of nitrogens with zero attached hydrogens (tertiary/aromatic N) is 2. The molecule has 4 nitrogen and oxygen atoms in total. The van der Waals surface area contributed by atoms with Crippen LogP contribution >= 0.6 is 0 Å². The Hall–Kier alpha value is -1.73. The number of nitrogen functional groups attached to an aromatic ring is 1. The van der Waals surface area contributed by atoms with E-state index in [1.54, 1.807) is 0 Å². The Morgan fingerprint density at radius 1 is 1.56 bits per heavy atom. The van der Waals surface area contributed by atoms with Crippen LogP contribution < -0.4 is 10.6 Å². The van der Waals surface area contributed by atoms with Gasteiger partial charge in [-0.15, -0.1) is 0 Å². The third-order valence-electron chi connectivity index (χ3n) is 3.36. The molecular formula is C14H19N3O. The predicted molar refractivity (Wildman–Crippen MR) is 72.4 cm³/mol. The second kappa shape index (κ2) is 5.74. The number of ether oxygens (including phenoxy) is 1. The van der Waals surface area contributed by atoms with Crippen molar-refractivity contribution in [2.24, 2.45) is 0 Å². The summed E-state index contributed by atoms with van der Waals surface area (Å²) in [6.45, 7) is 4.70. The van der Waals surface area contributed by atoms with Gasteiger partial charge in [-0.3, -0.25) is 0 Å². The molecule has 2 rings (SSSR count). The maximum Gasteiger partial charge on any atom is 0.0748 e. The van der Waals surface area contributed by atoms with Crippen LogP contribution in [0.5, 0.6) is 0 Å². The van der Waals surface area contributed by atoms with E-state index in [0.29, 0.717) is 18.2 Å². The summed E-state index contributed by atoms with van der Waals surface area (Å²) < 4.78 is 5.66. The highest BCUT2D eigenvalue weighted by molar-refractivity contribution is 5.59. The molecule has 1 atom stereocenters. The van der Waals surface area contributed by atoms with Crippen molar-refractivity contribution in [1.82, 2.24) is 0 Å². The van der Waals surface area contributed by atoms with E-state index in [0.717, 1.165) is 37.4 Å². The Balaban J connectivity index is 2.17. The molecule has 0 aromatic heterocycles. The molecule has 2 N–H and O–H groups in total. The molecule has 1 aromatic carbocycles. The summed E-state index contributed by atoms with van der Waals surface area (Å²) >= 11 is 0. The van der Waals surface area contributed by atoms with Gasteiger partial charge in [0.15, 0.2) is 0 Å². The van der Waals surface area contributed by atoms with E-state index in [4.69, 9.17) is 15.7 Å². The first-order valence-electron chi connectivity index (χ1n) is 6.36. The molecule has 1 saturated heterocycles. The highest BCUT2D eigenvalue weighted by atomic mass is 16.5. The second-order valence-electron chi connectivity index (χ2n) is 4.57. The van der Waals surface area contributed by atoms with Crippen molar-refractivity contribution in [3.05, 3.63) is 23.8 Å². The SMILES string of the molecule is CCC1CN(c2ccc(N)c(CC#N)c2)CCO1. The fourth-order valence-electron chi connectivity index (χ4n) is 2.23. The standard InChI is InChI=1S/C14H19N3O/c1-2-13-10-17(7-8-18-13)12-3-4-14(16)11(9-12)5-6-15/h3-4,9,13H,2,5,7-8,10,16H2,1H3. The maximum atomic E-state index is 8.79. The van der Waals surface area contributed by atoms with Crippen molar-refractivity contribution >= 4 is 11.4 Å². The van der Waals surface area contributed by atoms with Gasteiger partial charge in [-0.1, -0.05) is 6.92 Å². The Bertz CT molecular complexity index is 453. The number of rotatable bonds is 3. The van der Waals surface area contributed by atoms with Crippen molar-refractivity contribution < 1.29 is 4.74 Å². The molecule has 1 aliphatic heterocycles. The molecular weight excluding hydrogens is 226 g/mol. The minimum Gasteiger partial charge on any atom is -0.398 e. The molecule has 4 heteroatoms. The molecule has 0 spiro atoms. The van der Waals surface area contributed by atoms with E-state index < -0.39 is 0 Å². The highest BCUT2D eigenvalue weighted by Gasteiger charge is 2.19. The summed E-state index contributed by atoms with van der Waals surface area (Å²) in [6, 6.07) is 8.09. The lowest BCUT2D eigenvalue weighted by atomic mass is 10.1. The Morgan fingerprint density at radius 3 is 3.11 bits per heavy atom. The lowest BCUT2D eigenvalue weighted by molar-refractivity contribution is 0.0384. The lowest BCUT2D eigenvalue weighted by Crippen LogP contribution is -2.42. The van der Waals surface area contributed by atoms with Gasteiger partial charge in [-0.2, -0.15) is 5.26 Å². The van der Waals surface area contributed by atoms with Crippen molar-refractivity contribution in [3.63, 3.8) is 0 Å². The van der Waals surface area contributed by atoms with Gasteiger partial charge in [0.2, 0.25) is 0 Å². The first-order chi connectivity index (χ1) is 8.74. The molecule has 1 heterocycles.